The number of hydrogen-bond acceptors (Lipinski definition) is 5. The molecule has 27 heavy (non-hydrogen) atoms. The van der Waals surface area contributed by atoms with E-state index in [1.165, 1.54) is 5.52 Å². The minimum Gasteiger partial charge on any atom is -0.490 e. The predicted molar refractivity (Wildman–Crippen MR) is 107 cm³/mol. The van der Waals surface area contributed by atoms with Crippen molar-refractivity contribution >= 4 is 21.9 Å². The number of piperidine rings is 1. The molecule has 0 spiro atoms. The van der Waals surface area contributed by atoms with E-state index in [0.717, 1.165) is 73.3 Å². The molecule has 2 aromatic heterocycles. The van der Waals surface area contributed by atoms with Crippen molar-refractivity contribution < 1.29 is 9.47 Å². The van der Waals surface area contributed by atoms with Gasteiger partial charge in [0.05, 0.1) is 23.8 Å². The average molecular weight is 368 g/mol. The SMILES string of the molecule is CCCn1c(CCOC)nc2cnc3cc(OC4CCNCC4)ccc3c21. The average Bonchev–Trinajstić information content (AvgIpc) is 3.05. The maximum Gasteiger partial charge on any atom is 0.121 e. The van der Waals surface area contributed by atoms with Crippen molar-refractivity contribution in [1.29, 1.82) is 0 Å². The van der Waals surface area contributed by atoms with Crippen molar-refractivity contribution in [3.05, 3.63) is 30.2 Å². The number of hydrogen-bond donors (Lipinski definition) is 1. The first-order valence-electron chi connectivity index (χ1n) is 9.94. The molecule has 1 aliphatic heterocycles. The molecule has 6 nitrogen and oxygen atoms in total. The van der Waals surface area contributed by atoms with E-state index in [0.29, 0.717) is 12.7 Å². The van der Waals surface area contributed by atoms with E-state index in [4.69, 9.17) is 14.5 Å². The van der Waals surface area contributed by atoms with E-state index in [-0.39, 0.29) is 0 Å². The van der Waals surface area contributed by atoms with Crippen LogP contribution >= 0.6 is 0 Å². The maximum absolute atomic E-state index is 6.19. The second-order valence-corrected chi connectivity index (χ2v) is 7.16. The van der Waals surface area contributed by atoms with Crippen molar-refractivity contribution in [3.8, 4) is 5.75 Å². The first-order valence-corrected chi connectivity index (χ1v) is 9.94. The highest BCUT2D eigenvalue weighted by Gasteiger charge is 2.17. The summed E-state index contributed by atoms with van der Waals surface area (Å²) in [5, 5.41) is 4.51. The highest BCUT2D eigenvalue weighted by Crippen LogP contribution is 2.29. The van der Waals surface area contributed by atoms with Gasteiger partial charge in [-0.15, -0.1) is 0 Å². The lowest BCUT2D eigenvalue weighted by atomic mass is 10.1. The van der Waals surface area contributed by atoms with Gasteiger partial charge in [0.1, 0.15) is 23.2 Å². The molecule has 0 atom stereocenters. The second kappa shape index (κ2) is 8.23. The fraction of sp³-hybridized carbons (Fsp3) is 0.524. The molecule has 1 N–H and O–H groups in total. The van der Waals surface area contributed by atoms with Gasteiger partial charge in [0.2, 0.25) is 0 Å². The van der Waals surface area contributed by atoms with E-state index < -0.39 is 0 Å². The Hall–Kier alpha value is -2.18. The molecule has 3 heterocycles. The lowest BCUT2D eigenvalue weighted by Crippen LogP contribution is -2.34. The normalized spacial score (nSPS) is 15.6. The van der Waals surface area contributed by atoms with Crippen LogP contribution in [0.15, 0.2) is 24.4 Å². The summed E-state index contributed by atoms with van der Waals surface area (Å²) in [6.45, 7) is 5.87. The summed E-state index contributed by atoms with van der Waals surface area (Å²) in [4.78, 5) is 9.48. The lowest BCUT2D eigenvalue weighted by molar-refractivity contribution is 0.162. The molecule has 0 bridgehead atoms. The van der Waals surface area contributed by atoms with Crippen LogP contribution < -0.4 is 10.1 Å². The fourth-order valence-electron chi connectivity index (χ4n) is 3.87. The van der Waals surface area contributed by atoms with Crippen LogP contribution in [0.1, 0.15) is 32.0 Å². The number of benzene rings is 1. The number of pyridine rings is 1. The Morgan fingerprint density at radius 1 is 1.22 bits per heavy atom. The van der Waals surface area contributed by atoms with Crippen LogP contribution in [0, 0.1) is 0 Å². The van der Waals surface area contributed by atoms with Crippen molar-refractivity contribution in [3.63, 3.8) is 0 Å². The van der Waals surface area contributed by atoms with Gasteiger partial charge in [0, 0.05) is 31.5 Å². The molecule has 0 aliphatic carbocycles. The molecule has 0 amide bonds. The van der Waals surface area contributed by atoms with Crippen molar-refractivity contribution in [2.45, 2.75) is 45.3 Å². The van der Waals surface area contributed by atoms with Gasteiger partial charge >= 0.3 is 0 Å². The van der Waals surface area contributed by atoms with Gasteiger partial charge in [-0.1, -0.05) is 6.92 Å². The molecule has 0 radical (unpaired) electrons. The van der Waals surface area contributed by atoms with Gasteiger partial charge in [0.25, 0.3) is 0 Å². The van der Waals surface area contributed by atoms with Crippen molar-refractivity contribution in [1.82, 2.24) is 19.9 Å². The first-order chi connectivity index (χ1) is 13.3. The second-order valence-electron chi connectivity index (χ2n) is 7.16. The molecule has 144 valence electrons. The highest BCUT2D eigenvalue weighted by atomic mass is 16.5. The molecule has 6 heteroatoms. The van der Waals surface area contributed by atoms with Crippen LogP contribution in [0.5, 0.6) is 5.75 Å². The number of ether oxygens (including phenoxy) is 2. The standard InChI is InChI=1S/C21H28N4O2/c1-3-11-25-20(8-12-26-2)24-19-14-23-18-13-16(4-5-17(18)21(19)25)27-15-6-9-22-10-7-15/h4-5,13-15,22H,3,6-12H2,1-2H3. The maximum atomic E-state index is 6.19. The predicted octanol–water partition coefficient (Wildman–Crippen LogP) is 3.31. The smallest absolute Gasteiger partial charge is 0.121 e. The Labute approximate surface area is 159 Å². The molecule has 0 saturated carbocycles. The third-order valence-electron chi connectivity index (χ3n) is 5.19. The molecule has 1 saturated heterocycles. The number of methoxy groups -OCH3 is 1. The summed E-state index contributed by atoms with van der Waals surface area (Å²) < 4.78 is 13.8. The number of fused-ring (bicyclic) bond motifs is 3. The fourth-order valence-corrected chi connectivity index (χ4v) is 3.87. The molecular weight excluding hydrogens is 340 g/mol. The minimum atomic E-state index is 0.290. The molecule has 0 unspecified atom stereocenters. The van der Waals surface area contributed by atoms with Crippen LogP contribution in [0.2, 0.25) is 0 Å². The van der Waals surface area contributed by atoms with Crippen molar-refractivity contribution in [2.75, 3.05) is 26.8 Å². The number of nitrogens with zero attached hydrogens (tertiary/aromatic N) is 3. The van der Waals surface area contributed by atoms with E-state index >= 15 is 0 Å². The third kappa shape index (κ3) is 3.77. The molecule has 1 aliphatic rings. The Morgan fingerprint density at radius 2 is 2.07 bits per heavy atom. The molecule has 1 aromatic carbocycles. The van der Waals surface area contributed by atoms with Crippen LogP contribution in [0.25, 0.3) is 21.9 Å². The largest absolute Gasteiger partial charge is 0.490 e. The quantitative estimate of drug-likeness (QED) is 0.693. The monoisotopic (exact) mass is 368 g/mol. The number of imidazole rings is 1. The lowest BCUT2D eigenvalue weighted by Gasteiger charge is -2.23. The van der Waals surface area contributed by atoms with Gasteiger partial charge in [-0.25, -0.2) is 4.98 Å². The molecule has 3 aromatic rings. The van der Waals surface area contributed by atoms with Crippen LogP contribution in [-0.4, -0.2) is 47.4 Å². The zero-order chi connectivity index (χ0) is 18.6. The summed E-state index contributed by atoms with van der Waals surface area (Å²) in [5.74, 6) is 1.97. The minimum absolute atomic E-state index is 0.290. The number of aromatic nitrogens is 3. The summed E-state index contributed by atoms with van der Waals surface area (Å²) in [5.41, 5.74) is 3.08. The van der Waals surface area contributed by atoms with E-state index in [1.54, 1.807) is 7.11 Å². The third-order valence-corrected chi connectivity index (χ3v) is 5.19. The first kappa shape index (κ1) is 18.2. The van der Waals surface area contributed by atoms with Gasteiger partial charge in [0.15, 0.2) is 0 Å². The molecule has 1 fully saturated rings. The van der Waals surface area contributed by atoms with E-state index in [9.17, 15) is 0 Å². The Kier molecular flexibility index (Phi) is 5.55. The van der Waals surface area contributed by atoms with Crippen LogP contribution in [-0.2, 0) is 17.7 Å². The van der Waals surface area contributed by atoms with Crippen LogP contribution in [0.4, 0.5) is 0 Å². The summed E-state index contributed by atoms with van der Waals surface area (Å²) in [7, 11) is 1.73. The van der Waals surface area contributed by atoms with Gasteiger partial charge in [-0.05, 0) is 44.5 Å². The van der Waals surface area contributed by atoms with Crippen molar-refractivity contribution in [2.24, 2.45) is 0 Å². The Bertz CT molecular complexity index is 915. The highest BCUT2D eigenvalue weighted by molar-refractivity contribution is 6.02. The van der Waals surface area contributed by atoms with Gasteiger partial charge in [-0.2, -0.15) is 0 Å². The summed E-state index contributed by atoms with van der Waals surface area (Å²) in [6.07, 6.45) is 6.15. The Morgan fingerprint density at radius 3 is 2.85 bits per heavy atom. The number of rotatable bonds is 7. The number of nitrogens with one attached hydrogen (secondary N) is 1. The Balaban J connectivity index is 1.72. The number of aryl methyl sites for hydroxylation is 1. The zero-order valence-electron chi connectivity index (χ0n) is 16.2. The zero-order valence-corrected chi connectivity index (χ0v) is 16.2. The van der Waals surface area contributed by atoms with E-state index in [1.807, 2.05) is 6.20 Å². The molecule has 4 rings (SSSR count). The summed E-state index contributed by atoms with van der Waals surface area (Å²) in [6, 6.07) is 6.27. The van der Waals surface area contributed by atoms with E-state index in [2.05, 4.69) is 40.0 Å². The van der Waals surface area contributed by atoms with Gasteiger partial charge in [-0.3, -0.25) is 4.98 Å². The van der Waals surface area contributed by atoms with Crippen LogP contribution in [0.3, 0.4) is 0 Å². The summed E-state index contributed by atoms with van der Waals surface area (Å²) >= 11 is 0. The topological polar surface area (TPSA) is 61.2 Å². The van der Waals surface area contributed by atoms with Gasteiger partial charge < -0.3 is 19.4 Å². The molecular formula is C21H28N4O2.